The Morgan fingerprint density at radius 2 is 1.84 bits per heavy atom. The summed E-state index contributed by atoms with van der Waals surface area (Å²) in [6.45, 7) is 4.26. The lowest BCUT2D eigenvalue weighted by Gasteiger charge is -2.35. The molecule has 1 saturated heterocycles. The molecule has 25 heavy (non-hydrogen) atoms. The Morgan fingerprint density at radius 3 is 2.44 bits per heavy atom. The number of benzene rings is 1. The van der Waals surface area contributed by atoms with Crippen molar-refractivity contribution in [3.8, 4) is 0 Å². The van der Waals surface area contributed by atoms with Gasteiger partial charge in [-0.05, 0) is 30.7 Å². The van der Waals surface area contributed by atoms with Gasteiger partial charge in [0.05, 0.1) is 5.56 Å². The molecule has 6 nitrogen and oxygen atoms in total. The summed E-state index contributed by atoms with van der Waals surface area (Å²) in [5, 5.41) is 10.8. The number of halogens is 3. The van der Waals surface area contributed by atoms with Crippen LogP contribution in [0, 0.1) is 0 Å². The zero-order valence-electron chi connectivity index (χ0n) is 13.9. The molecule has 1 aliphatic rings. The van der Waals surface area contributed by atoms with E-state index in [9.17, 15) is 18.0 Å². The number of nitrogens with one attached hydrogen (secondary N) is 1. The highest BCUT2D eigenvalue weighted by Crippen LogP contribution is 2.34. The molecule has 0 spiro atoms. The highest BCUT2D eigenvalue weighted by atomic mass is 19.4. The quantitative estimate of drug-likeness (QED) is 0.534. The molecule has 0 saturated carbocycles. The second-order valence-corrected chi connectivity index (χ2v) is 6.12. The van der Waals surface area contributed by atoms with E-state index in [1.54, 1.807) is 0 Å². The highest BCUT2D eigenvalue weighted by molar-refractivity contribution is 5.64. The van der Waals surface area contributed by atoms with E-state index < -0.39 is 17.8 Å². The molecule has 0 aromatic heterocycles. The lowest BCUT2D eigenvalue weighted by atomic mass is 10.0. The SMILES string of the molecule is Nc1ccc(CN2CCN(CCCNC(=O)O)CC2)c(C(F)(F)F)c1. The molecule has 140 valence electrons. The summed E-state index contributed by atoms with van der Waals surface area (Å²) >= 11 is 0. The Balaban J connectivity index is 1.83. The number of anilines is 1. The highest BCUT2D eigenvalue weighted by Gasteiger charge is 2.34. The molecule has 0 radical (unpaired) electrons. The number of hydrogen-bond acceptors (Lipinski definition) is 4. The lowest BCUT2D eigenvalue weighted by molar-refractivity contribution is -0.138. The van der Waals surface area contributed by atoms with Crippen LogP contribution in [0.1, 0.15) is 17.5 Å². The zero-order chi connectivity index (χ0) is 18.4. The largest absolute Gasteiger partial charge is 0.465 e. The second-order valence-electron chi connectivity index (χ2n) is 6.12. The molecule has 4 N–H and O–H groups in total. The van der Waals surface area contributed by atoms with E-state index in [0.29, 0.717) is 26.1 Å². The minimum atomic E-state index is -4.41. The first-order valence-corrected chi connectivity index (χ1v) is 8.13. The number of carboxylic acid groups (broad SMARTS) is 1. The van der Waals surface area contributed by atoms with Gasteiger partial charge in [-0.2, -0.15) is 13.2 Å². The third-order valence-corrected chi connectivity index (χ3v) is 4.23. The summed E-state index contributed by atoms with van der Waals surface area (Å²) in [4.78, 5) is 14.5. The second kappa shape index (κ2) is 8.39. The topological polar surface area (TPSA) is 81.8 Å². The fourth-order valence-electron chi connectivity index (χ4n) is 2.91. The summed E-state index contributed by atoms with van der Waals surface area (Å²) in [7, 11) is 0. The predicted octanol–water partition coefficient (Wildman–Crippen LogP) is 2.06. The van der Waals surface area contributed by atoms with E-state index in [0.717, 1.165) is 25.7 Å². The monoisotopic (exact) mass is 360 g/mol. The van der Waals surface area contributed by atoms with Crippen LogP contribution in [0.15, 0.2) is 18.2 Å². The van der Waals surface area contributed by atoms with Gasteiger partial charge in [0.15, 0.2) is 0 Å². The van der Waals surface area contributed by atoms with Crippen LogP contribution in [0.4, 0.5) is 23.7 Å². The van der Waals surface area contributed by atoms with Crippen molar-refractivity contribution >= 4 is 11.8 Å². The standard InChI is InChI=1S/C16H23F3N4O2/c17-16(18,19)14-10-13(20)3-2-12(14)11-23-8-6-22(7-9-23)5-1-4-21-15(24)25/h2-3,10,21H,1,4-9,11,20H2,(H,24,25). The number of piperazine rings is 1. The first-order valence-electron chi connectivity index (χ1n) is 8.13. The van der Waals surface area contributed by atoms with Crippen LogP contribution in [0.3, 0.4) is 0 Å². The van der Waals surface area contributed by atoms with Gasteiger partial charge in [0.25, 0.3) is 0 Å². The molecule has 0 atom stereocenters. The summed E-state index contributed by atoms with van der Waals surface area (Å²) in [6.07, 6.45) is -4.74. The molecule has 1 aromatic rings. The normalized spacial score (nSPS) is 16.8. The van der Waals surface area contributed by atoms with Gasteiger partial charge in [0, 0.05) is 45.0 Å². The fourth-order valence-corrected chi connectivity index (χ4v) is 2.91. The Bertz CT molecular complexity index is 587. The third-order valence-electron chi connectivity index (χ3n) is 4.23. The van der Waals surface area contributed by atoms with Gasteiger partial charge in [-0.1, -0.05) is 6.07 Å². The number of amides is 1. The molecule has 1 fully saturated rings. The van der Waals surface area contributed by atoms with E-state index in [1.807, 2.05) is 4.90 Å². The van der Waals surface area contributed by atoms with Crippen molar-refractivity contribution in [3.63, 3.8) is 0 Å². The summed E-state index contributed by atoms with van der Waals surface area (Å²) in [6, 6.07) is 3.93. The first-order chi connectivity index (χ1) is 11.8. The van der Waals surface area contributed by atoms with Crippen LogP contribution in [-0.2, 0) is 12.7 Å². The molecule has 1 aromatic carbocycles. The van der Waals surface area contributed by atoms with Crippen molar-refractivity contribution < 1.29 is 23.1 Å². The number of hydrogen-bond donors (Lipinski definition) is 3. The smallest absolute Gasteiger partial charge is 0.416 e. The van der Waals surface area contributed by atoms with Crippen LogP contribution in [-0.4, -0.2) is 60.3 Å². The molecule has 1 amide bonds. The van der Waals surface area contributed by atoms with E-state index in [1.165, 1.54) is 12.1 Å². The van der Waals surface area contributed by atoms with E-state index in [-0.39, 0.29) is 17.8 Å². The predicted molar refractivity (Wildman–Crippen MR) is 88.2 cm³/mol. The van der Waals surface area contributed by atoms with E-state index in [4.69, 9.17) is 10.8 Å². The van der Waals surface area contributed by atoms with E-state index in [2.05, 4.69) is 10.2 Å². The molecular weight excluding hydrogens is 337 g/mol. The fraction of sp³-hybridized carbons (Fsp3) is 0.562. The maximum absolute atomic E-state index is 13.1. The molecule has 0 bridgehead atoms. The van der Waals surface area contributed by atoms with Crippen molar-refractivity contribution in [3.05, 3.63) is 29.3 Å². The molecule has 0 unspecified atom stereocenters. The van der Waals surface area contributed by atoms with Crippen molar-refractivity contribution in [2.24, 2.45) is 0 Å². The van der Waals surface area contributed by atoms with Crippen LogP contribution in [0.5, 0.6) is 0 Å². The van der Waals surface area contributed by atoms with Gasteiger partial charge in [-0.25, -0.2) is 4.79 Å². The summed E-state index contributed by atoms with van der Waals surface area (Å²) in [5.74, 6) is 0. The number of rotatable bonds is 6. The van der Waals surface area contributed by atoms with Gasteiger partial charge >= 0.3 is 12.3 Å². The number of alkyl halides is 3. The molecule has 1 heterocycles. The summed E-state index contributed by atoms with van der Waals surface area (Å²) < 4.78 is 39.4. The Kier molecular flexibility index (Phi) is 6.49. The number of nitrogens with two attached hydrogens (primary N) is 1. The van der Waals surface area contributed by atoms with Crippen LogP contribution < -0.4 is 11.1 Å². The van der Waals surface area contributed by atoms with Gasteiger partial charge in [0.2, 0.25) is 0 Å². The summed E-state index contributed by atoms with van der Waals surface area (Å²) in [5.41, 5.74) is 5.16. The van der Waals surface area contributed by atoms with Gasteiger partial charge in [0.1, 0.15) is 0 Å². The van der Waals surface area contributed by atoms with Crippen LogP contribution in [0.2, 0.25) is 0 Å². The molecule has 9 heteroatoms. The third kappa shape index (κ3) is 6.09. The lowest BCUT2D eigenvalue weighted by Crippen LogP contribution is -2.46. The Labute approximate surface area is 144 Å². The maximum Gasteiger partial charge on any atom is 0.416 e. The molecule has 0 aliphatic carbocycles. The Morgan fingerprint density at radius 1 is 1.20 bits per heavy atom. The average molecular weight is 360 g/mol. The first kappa shape index (κ1) is 19.3. The minimum Gasteiger partial charge on any atom is -0.465 e. The average Bonchev–Trinajstić information content (AvgIpc) is 2.53. The van der Waals surface area contributed by atoms with Crippen LogP contribution in [0.25, 0.3) is 0 Å². The number of nitrogen functional groups attached to an aromatic ring is 1. The van der Waals surface area contributed by atoms with Crippen molar-refractivity contribution in [1.82, 2.24) is 15.1 Å². The van der Waals surface area contributed by atoms with Crippen molar-refractivity contribution in [2.45, 2.75) is 19.1 Å². The zero-order valence-corrected chi connectivity index (χ0v) is 13.9. The maximum atomic E-state index is 13.1. The minimum absolute atomic E-state index is 0.107. The van der Waals surface area contributed by atoms with Gasteiger partial charge < -0.3 is 21.1 Å². The van der Waals surface area contributed by atoms with Crippen LogP contribution >= 0.6 is 0 Å². The molecule has 1 aliphatic heterocycles. The Hall–Kier alpha value is -2.00. The van der Waals surface area contributed by atoms with E-state index >= 15 is 0 Å². The van der Waals surface area contributed by atoms with Gasteiger partial charge in [-0.15, -0.1) is 0 Å². The number of carbonyl (C=O) groups is 1. The molecule has 2 rings (SSSR count). The molecular formula is C16H23F3N4O2. The van der Waals surface area contributed by atoms with Crippen molar-refractivity contribution in [2.75, 3.05) is 45.0 Å². The van der Waals surface area contributed by atoms with Crippen molar-refractivity contribution in [1.29, 1.82) is 0 Å². The number of nitrogens with zero attached hydrogens (tertiary/aromatic N) is 2. The van der Waals surface area contributed by atoms with Gasteiger partial charge in [-0.3, -0.25) is 4.90 Å².